The molecule has 0 saturated carbocycles. The van der Waals surface area contributed by atoms with Crippen molar-refractivity contribution >= 4 is 33.2 Å². The zero-order valence-corrected chi connectivity index (χ0v) is 19.9. The van der Waals surface area contributed by atoms with Crippen molar-refractivity contribution in [3.63, 3.8) is 0 Å². The van der Waals surface area contributed by atoms with E-state index in [1.165, 1.54) is 10.5 Å². The Hall–Kier alpha value is -2.88. The Bertz CT molecular complexity index is 1250. The lowest BCUT2D eigenvalue weighted by molar-refractivity contribution is -0.120. The van der Waals surface area contributed by atoms with E-state index in [2.05, 4.69) is 10.3 Å². The van der Waals surface area contributed by atoms with Gasteiger partial charge in [-0.2, -0.15) is 4.31 Å². The van der Waals surface area contributed by atoms with Gasteiger partial charge in [0.05, 0.1) is 10.7 Å². The summed E-state index contributed by atoms with van der Waals surface area (Å²) < 4.78 is 34.8. The summed E-state index contributed by atoms with van der Waals surface area (Å²) in [6.45, 7) is 2.27. The van der Waals surface area contributed by atoms with E-state index in [4.69, 9.17) is 16.3 Å². The summed E-state index contributed by atoms with van der Waals surface area (Å²) in [6.07, 6.45) is 2.36. The molecule has 10 heteroatoms. The minimum Gasteiger partial charge on any atom is -0.454 e. The lowest BCUT2D eigenvalue weighted by atomic mass is 9.97. The number of amides is 1. The average molecular weight is 489 g/mol. The van der Waals surface area contributed by atoms with Crippen LogP contribution >= 0.6 is 11.6 Å². The van der Waals surface area contributed by atoms with Crippen LogP contribution in [0, 0.1) is 12.8 Å². The number of ether oxygens (including phenoxy) is 1. The van der Waals surface area contributed by atoms with E-state index in [1.54, 1.807) is 48.9 Å². The number of imidazole rings is 1. The molecule has 1 fully saturated rings. The fraction of sp³-hybridized carbons (Fsp3) is 0.304. The van der Waals surface area contributed by atoms with E-state index in [0.717, 1.165) is 0 Å². The van der Waals surface area contributed by atoms with Crippen LogP contribution in [0.15, 0.2) is 59.8 Å². The molecule has 1 saturated heterocycles. The maximum Gasteiger partial charge on any atom is 0.262 e. The van der Waals surface area contributed by atoms with Crippen molar-refractivity contribution in [2.45, 2.75) is 24.8 Å². The topological polar surface area (TPSA) is 93.5 Å². The van der Waals surface area contributed by atoms with E-state index in [0.29, 0.717) is 40.9 Å². The number of nitrogens with zero attached hydrogens (tertiary/aromatic N) is 3. The smallest absolute Gasteiger partial charge is 0.262 e. The molecule has 0 spiro atoms. The summed E-state index contributed by atoms with van der Waals surface area (Å²) in [5.74, 6) is 1.11. The van der Waals surface area contributed by atoms with Crippen LogP contribution in [0.3, 0.4) is 0 Å². The fourth-order valence-electron chi connectivity index (χ4n) is 3.68. The second kappa shape index (κ2) is 9.54. The molecule has 174 valence electrons. The van der Waals surface area contributed by atoms with Gasteiger partial charge in [0.25, 0.3) is 10.0 Å². The van der Waals surface area contributed by atoms with Crippen molar-refractivity contribution in [3.8, 4) is 11.5 Å². The second-order valence-electron chi connectivity index (χ2n) is 7.93. The van der Waals surface area contributed by atoms with E-state index < -0.39 is 10.0 Å². The highest BCUT2D eigenvalue weighted by Gasteiger charge is 2.33. The van der Waals surface area contributed by atoms with Crippen molar-refractivity contribution in [2.75, 3.05) is 18.4 Å². The van der Waals surface area contributed by atoms with Crippen molar-refractivity contribution in [3.05, 3.63) is 65.6 Å². The molecule has 1 N–H and O–H groups in total. The van der Waals surface area contributed by atoms with Gasteiger partial charge < -0.3 is 14.6 Å². The fourth-order valence-corrected chi connectivity index (χ4v) is 5.35. The van der Waals surface area contributed by atoms with Crippen molar-refractivity contribution in [2.24, 2.45) is 13.0 Å². The summed E-state index contributed by atoms with van der Waals surface area (Å²) in [6, 6.07) is 14.2. The number of aromatic nitrogens is 2. The average Bonchev–Trinajstić information content (AvgIpc) is 3.15. The number of anilines is 1. The van der Waals surface area contributed by atoms with Gasteiger partial charge >= 0.3 is 0 Å². The van der Waals surface area contributed by atoms with Crippen LogP contribution in [0.4, 0.5) is 5.69 Å². The highest BCUT2D eigenvalue weighted by atomic mass is 35.5. The lowest BCUT2D eigenvalue weighted by Gasteiger charge is -2.30. The number of carbonyl (C=O) groups excluding carboxylic acids is 1. The third-order valence-corrected chi connectivity index (χ3v) is 7.80. The Kier molecular flexibility index (Phi) is 6.73. The first kappa shape index (κ1) is 23.3. The molecule has 0 bridgehead atoms. The molecule has 4 rings (SSSR count). The van der Waals surface area contributed by atoms with Crippen LogP contribution < -0.4 is 10.1 Å². The van der Waals surface area contributed by atoms with E-state index in [1.807, 2.05) is 18.2 Å². The molecule has 1 aliphatic heterocycles. The minimum atomic E-state index is -3.68. The maximum absolute atomic E-state index is 12.9. The molecule has 0 atom stereocenters. The number of sulfonamides is 1. The third-order valence-electron chi connectivity index (χ3n) is 5.72. The standard InChI is InChI=1S/C23H25ClN4O4S/c1-16-25-22(15-27(16)2)33(30,31)28-13-11-17(12-14-28)23(29)26-19-8-4-6-10-21(19)32-20-9-5-3-7-18(20)24/h3-10,15,17H,11-14H2,1-2H3,(H,26,29). The number of para-hydroxylation sites is 3. The first-order valence-electron chi connectivity index (χ1n) is 10.6. The number of piperidine rings is 1. The molecule has 1 aromatic heterocycles. The van der Waals surface area contributed by atoms with Crippen molar-refractivity contribution < 1.29 is 17.9 Å². The summed E-state index contributed by atoms with van der Waals surface area (Å²) in [5.41, 5.74) is 0.529. The zero-order chi connectivity index (χ0) is 23.6. The van der Waals surface area contributed by atoms with Gasteiger partial charge in [-0.25, -0.2) is 13.4 Å². The predicted molar refractivity (Wildman–Crippen MR) is 126 cm³/mol. The van der Waals surface area contributed by atoms with Crippen LogP contribution in [0.1, 0.15) is 18.7 Å². The number of nitrogens with one attached hydrogen (secondary N) is 1. The molecule has 33 heavy (non-hydrogen) atoms. The molecule has 2 heterocycles. The van der Waals surface area contributed by atoms with Crippen molar-refractivity contribution in [1.82, 2.24) is 13.9 Å². The number of aryl methyl sites for hydroxylation is 2. The summed E-state index contributed by atoms with van der Waals surface area (Å²) in [5, 5.41) is 3.43. The third kappa shape index (κ3) is 5.05. The molecule has 1 amide bonds. The molecule has 8 nitrogen and oxygen atoms in total. The highest BCUT2D eigenvalue weighted by molar-refractivity contribution is 7.89. The number of hydrogen-bond acceptors (Lipinski definition) is 5. The molecule has 2 aromatic carbocycles. The predicted octanol–water partition coefficient (Wildman–Crippen LogP) is 4.21. The Balaban J connectivity index is 1.41. The van der Waals surface area contributed by atoms with Gasteiger partial charge in [0.2, 0.25) is 5.91 Å². The summed E-state index contributed by atoms with van der Waals surface area (Å²) >= 11 is 6.19. The molecule has 1 aliphatic rings. The second-order valence-corrected chi connectivity index (χ2v) is 10.2. The van der Waals surface area contributed by atoms with Crippen LogP contribution in [0.2, 0.25) is 5.02 Å². The zero-order valence-electron chi connectivity index (χ0n) is 18.4. The Morgan fingerprint density at radius 3 is 2.36 bits per heavy atom. The lowest BCUT2D eigenvalue weighted by Crippen LogP contribution is -2.41. The number of carbonyl (C=O) groups is 1. The Morgan fingerprint density at radius 2 is 1.73 bits per heavy atom. The normalized spacial score (nSPS) is 15.4. The van der Waals surface area contributed by atoms with E-state index in [9.17, 15) is 13.2 Å². The first-order valence-corrected chi connectivity index (χ1v) is 12.4. The molecule has 0 unspecified atom stereocenters. The highest BCUT2D eigenvalue weighted by Crippen LogP contribution is 2.34. The SMILES string of the molecule is Cc1nc(S(=O)(=O)N2CCC(C(=O)Nc3ccccc3Oc3ccccc3Cl)CC2)cn1C. The summed E-state index contributed by atoms with van der Waals surface area (Å²) in [7, 11) is -1.92. The first-order chi connectivity index (χ1) is 15.8. The Labute approximate surface area is 198 Å². The Morgan fingerprint density at radius 1 is 1.09 bits per heavy atom. The quantitative estimate of drug-likeness (QED) is 0.561. The van der Waals surface area contributed by atoms with Gasteiger partial charge in [-0.3, -0.25) is 4.79 Å². The minimum absolute atomic E-state index is 0.0380. The molecule has 0 radical (unpaired) electrons. The number of rotatable bonds is 6. The van der Waals surface area contributed by atoms with E-state index >= 15 is 0 Å². The molecular formula is C23H25ClN4O4S. The van der Waals surface area contributed by atoms with Crippen LogP contribution in [0.5, 0.6) is 11.5 Å². The number of benzene rings is 2. The van der Waals surface area contributed by atoms with Crippen molar-refractivity contribution in [1.29, 1.82) is 0 Å². The van der Waals surface area contributed by atoms with Crippen LogP contribution in [0.25, 0.3) is 0 Å². The summed E-state index contributed by atoms with van der Waals surface area (Å²) in [4.78, 5) is 17.1. The van der Waals surface area contributed by atoms with Gasteiger partial charge in [0.15, 0.2) is 10.8 Å². The number of halogens is 1. The van der Waals surface area contributed by atoms with Gasteiger partial charge in [-0.05, 0) is 44.0 Å². The largest absolute Gasteiger partial charge is 0.454 e. The van der Waals surface area contributed by atoms with Gasteiger partial charge in [0.1, 0.15) is 11.6 Å². The van der Waals surface area contributed by atoms with Gasteiger partial charge in [0, 0.05) is 32.3 Å². The monoisotopic (exact) mass is 488 g/mol. The van der Waals surface area contributed by atoms with Gasteiger partial charge in [-0.1, -0.05) is 35.9 Å². The van der Waals surface area contributed by atoms with Crippen LogP contribution in [-0.4, -0.2) is 41.3 Å². The number of hydrogen-bond donors (Lipinski definition) is 1. The maximum atomic E-state index is 12.9. The van der Waals surface area contributed by atoms with Crippen LogP contribution in [-0.2, 0) is 21.9 Å². The molecule has 0 aliphatic carbocycles. The molecular weight excluding hydrogens is 464 g/mol. The molecule has 3 aromatic rings. The van der Waals surface area contributed by atoms with Gasteiger partial charge in [-0.15, -0.1) is 0 Å². The van der Waals surface area contributed by atoms with E-state index in [-0.39, 0.29) is 29.9 Å².